The zero-order chi connectivity index (χ0) is 15.1. The zero-order valence-corrected chi connectivity index (χ0v) is 14.5. The quantitative estimate of drug-likeness (QED) is 0.844. The van der Waals surface area contributed by atoms with E-state index < -0.39 is 0 Å². The molecule has 0 spiro atoms. The second-order valence-electron chi connectivity index (χ2n) is 6.35. The van der Waals surface area contributed by atoms with Gasteiger partial charge < -0.3 is 10.6 Å². The van der Waals surface area contributed by atoms with Gasteiger partial charge in [0.25, 0.3) is 0 Å². The molecule has 1 unspecified atom stereocenters. The van der Waals surface area contributed by atoms with Gasteiger partial charge in [-0.25, -0.2) is 0 Å². The molecule has 124 valence electrons. The number of amides is 1. The molecule has 22 heavy (non-hydrogen) atoms. The predicted molar refractivity (Wildman–Crippen MR) is 94.5 cm³/mol. The van der Waals surface area contributed by atoms with E-state index in [2.05, 4.69) is 48.7 Å². The maximum absolute atomic E-state index is 12.0. The van der Waals surface area contributed by atoms with Gasteiger partial charge in [0.1, 0.15) is 0 Å². The SMILES string of the molecule is Cc1ccc(CCNC(=O)CC(C)C2CCNCC2)cc1.Cl. The highest BCUT2D eigenvalue weighted by atomic mass is 35.5. The molecule has 2 rings (SSSR count). The molecule has 0 aromatic heterocycles. The van der Waals surface area contributed by atoms with Crippen LogP contribution in [0.15, 0.2) is 24.3 Å². The normalized spacial score (nSPS) is 16.6. The summed E-state index contributed by atoms with van der Waals surface area (Å²) in [7, 11) is 0. The van der Waals surface area contributed by atoms with Crippen molar-refractivity contribution in [2.75, 3.05) is 19.6 Å². The molecule has 0 aliphatic carbocycles. The number of nitrogens with one attached hydrogen (secondary N) is 2. The fourth-order valence-electron chi connectivity index (χ4n) is 3.05. The third-order valence-corrected chi connectivity index (χ3v) is 4.55. The Hall–Kier alpha value is -1.06. The Labute approximate surface area is 140 Å². The number of hydrogen-bond donors (Lipinski definition) is 2. The molecule has 4 heteroatoms. The summed E-state index contributed by atoms with van der Waals surface area (Å²) in [5.41, 5.74) is 2.56. The predicted octanol–water partition coefficient (Wildman–Crippen LogP) is 3.10. The van der Waals surface area contributed by atoms with Gasteiger partial charge in [-0.2, -0.15) is 0 Å². The summed E-state index contributed by atoms with van der Waals surface area (Å²) in [5, 5.41) is 6.44. The van der Waals surface area contributed by atoms with E-state index in [4.69, 9.17) is 0 Å². The average molecular weight is 325 g/mol. The van der Waals surface area contributed by atoms with Gasteiger partial charge in [0.15, 0.2) is 0 Å². The molecule has 0 saturated carbocycles. The van der Waals surface area contributed by atoms with Crippen LogP contribution in [0.25, 0.3) is 0 Å². The second kappa shape index (κ2) is 9.86. The summed E-state index contributed by atoms with van der Waals surface area (Å²) >= 11 is 0. The van der Waals surface area contributed by atoms with Crippen molar-refractivity contribution in [3.63, 3.8) is 0 Å². The number of benzene rings is 1. The number of rotatable bonds is 6. The first kappa shape index (κ1) is 19.0. The van der Waals surface area contributed by atoms with E-state index in [0.29, 0.717) is 18.3 Å². The molecule has 1 aliphatic heterocycles. The van der Waals surface area contributed by atoms with E-state index in [9.17, 15) is 4.79 Å². The van der Waals surface area contributed by atoms with Gasteiger partial charge in [-0.3, -0.25) is 4.79 Å². The van der Waals surface area contributed by atoms with Crippen LogP contribution in [-0.4, -0.2) is 25.5 Å². The number of carbonyl (C=O) groups is 1. The van der Waals surface area contributed by atoms with E-state index in [-0.39, 0.29) is 18.3 Å². The molecule has 1 aromatic carbocycles. The van der Waals surface area contributed by atoms with Crippen LogP contribution in [-0.2, 0) is 11.2 Å². The molecular formula is C18H29ClN2O. The maximum atomic E-state index is 12.0. The summed E-state index contributed by atoms with van der Waals surface area (Å²) in [6, 6.07) is 8.52. The van der Waals surface area contributed by atoms with Gasteiger partial charge in [0.2, 0.25) is 5.91 Å². The van der Waals surface area contributed by atoms with Crippen molar-refractivity contribution in [1.29, 1.82) is 0 Å². The van der Waals surface area contributed by atoms with E-state index in [0.717, 1.165) is 26.1 Å². The Kier molecular flexibility index (Phi) is 8.51. The van der Waals surface area contributed by atoms with Gasteiger partial charge in [-0.1, -0.05) is 36.8 Å². The fourth-order valence-corrected chi connectivity index (χ4v) is 3.05. The van der Waals surface area contributed by atoms with Crippen molar-refractivity contribution in [3.8, 4) is 0 Å². The van der Waals surface area contributed by atoms with Gasteiger partial charge in [0, 0.05) is 13.0 Å². The van der Waals surface area contributed by atoms with Crippen LogP contribution in [0.1, 0.15) is 37.3 Å². The van der Waals surface area contributed by atoms with Crippen molar-refractivity contribution in [2.24, 2.45) is 11.8 Å². The molecule has 0 radical (unpaired) electrons. The minimum absolute atomic E-state index is 0. The van der Waals surface area contributed by atoms with E-state index in [1.807, 2.05) is 0 Å². The lowest BCUT2D eigenvalue weighted by Gasteiger charge is -2.27. The summed E-state index contributed by atoms with van der Waals surface area (Å²) in [6.07, 6.45) is 3.99. The summed E-state index contributed by atoms with van der Waals surface area (Å²) < 4.78 is 0. The minimum Gasteiger partial charge on any atom is -0.356 e. The van der Waals surface area contributed by atoms with E-state index in [1.54, 1.807) is 0 Å². The van der Waals surface area contributed by atoms with Crippen LogP contribution in [0.5, 0.6) is 0 Å². The van der Waals surface area contributed by atoms with Crippen molar-refractivity contribution in [2.45, 2.75) is 39.5 Å². The van der Waals surface area contributed by atoms with Gasteiger partial charge in [0.05, 0.1) is 0 Å². The topological polar surface area (TPSA) is 41.1 Å². The minimum atomic E-state index is 0. The first-order chi connectivity index (χ1) is 10.1. The lowest BCUT2D eigenvalue weighted by atomic mass is 9.84. The smallest absolute Gasteiger partial charge is 0.220 e. The molecule has 0 bridgehead atoms. The molecule has 1 atom stereocenters. The number of aryl methyl sites for hydroxylation is 1. The number of carbonyl (C=O) groups excluding carboxylic acids is 1. The lowest BCUT2D eigenvalue weighted by Crippen LogP contribution is -2.34. The molecule has 3 nitrogen and oxygen atoms in total. The first-order valence-electron chi connectivity index (χ1n) is 8.18. The highest BCUT2D eigenvalue weighted by Crippen LogP contribution is 2.24. The molecule has 1 aromatic rings. The van der Waals surface area contributed by atoms with Crippen molar-refractivity contribution >= 4 is 18.3 Å². The van der Waals surface area contributed by atoms with Crippen LogP contribution in [0.4, 0.5) is 0 Å². The lowest BCUT2D eigenvalue weighted by molar-refractivity contribution is -0.122. The van der Waals surface area contributed by atoms with E-state index >= 15 is 0 Å². The van der Waals surface area contributed by atoms with Gasteiger partial charge in [-0.05, 0) is 56.7 Å². The monoisotopic (exact) mass is 324 g/mol. The first-order valence-corrected chi connectivity index (χ1v) is 8.18. The molecule has 2 N–H and O–H groups in total. The molecule has 1 fully saturated rings. The van der Waals surface area contributed by atoms with Crippen LogP contribution < -0.4 is 10.6 Å². The Morgan fingerprint density at radius 1 is 1.27 bits per heavy atom. The number of hydrogen-bond acceptors (Lipinski definition) is 2. The Balaban J connectivity index is 0.00000242. The van der Waals surface area contributed by atoms with Gasteiger partial charge in [-0.15, -0.1) is 12.4 Å². The largest absolute Gasteiger partial charge is 0.356 e. The van der Waals surface area contributed by atoms with Crippen molar-refractivity contribution in [3.05, 3.63) is 35.4 Å². The molecule has 1 heterocycles. The number of halogens is 1. The standard InChI is InChI=1S/C18H28N2O.ClH/c1-14-3-5-16(6-4-14)7-12-20-18(21)13-15(2)17-8-10-19-11-9-17;/h3-6,15,17,19H,7-13H2,1-2H3,(H,20,21);1H. The zero-order valence-electron chi connectivity index (χ0n) is 13.7. The van der Waals surface area contributed by atoms with Crippen molar-refractivity contribution in [1.82, 2.24) is 10.6 Å². The number of piperidine rings is 1. The third kappa shape index (κ3) is 6.37. The Morgan fingerprint density at radius 3 is 2.55 bits per heavy atom. The fraction of sp³-hybridized carbons (Fsp3) is 0.611. The highest BCUT2D eigenvalue weighted by Gasteiger charge is 2.21. The van der Waals surface area contributed by atoms with Crippen LogP contribution >= 0.6 is 12.4 Å². The van der Waals surface area contributed by atoms with Crippen LogP contribution in [0.2, 0.25) is 0 Å². The average Bonchev–Trinajstić information content (AvgIpc) is 2.50. The molecule has 1 amide bonds. The van der Waals surface area contributed by atoms with Crippen LogP contribution in [0.3, 0.4) is 0 Å². The summed E-state index contributed by atoms with van der Waals surface area (Å²) in [6.45, 7) is 7.25. The highest BCUT2D eigenvalue weighted by molar-refractivity contribution is 5.85. The molecular weight excluding hydrogens is 296 g/mol. The van der Waals surface area contributed by atoms with Crippen molar-refractivity contribution < 1.29 is 4.79 Å². The maximum Gasteiger partial charge on any atom is 0.220 e. The Morgan fingerprint density at radius 2 is 1.91 bits per heavy atom. The van der Waals surface area contributed by atoms with Crippen LogP contribution in [0, 0.1) is 18.8 Å². The molecule has 1 aliphatic rings. The summed E-state index contributed by atoms with van der Waals surface area (Å²) in [5.74, 6) is 1.40. The second-order valence-corrected chi connectivity index (χ2v) is 6.35. The van der Waals surface area contributed by atoms with E-state index in [1.165, 1.54) is 24.0 Å². The Bertz CT molecular complexity index is 441. The molecule has 1 saturated heterocycles. The van der Waals surface area contributed by atoms with Gasteiger partial charge >= 0.3 is 0 Å². The summed E-state index contributed by atoms with van der Waals surface area (Å²) in [4.78, 5) is 12.0. The third-order valence-electron chi connectivity index (χ3n) is 4.55.